The molecule has 7 nitrogen and oxygen atoms in total. The normalized spacial score (nSPS) is 11.1. The van der Waals surface area contributed by atoms with Crippen molar-refractivity contribution in [1.82, 2.24) is 4.98 Å². The third-order valence-corrected chi connectivity index (χ3v) is 2.18. The number of aryl methyl sites for hydroxylation is 1. The number of nitro groups is 1. The molecule has 1 aromatic heterocycles. The van der Waals surface area contributed by atoms with Crippen LogP contribution in [-0.2, 0) is 16.0 Å². The number of alkyl halides is 3. The quantitative estimate of drug-likeness (QED) is 0.471. The van der Waals surface area contributed by atoms with E-state index in [0.29, 0.717) is 0 Å². The van der Waals surface area contributed by atoms with Gasteiger partial charge in [0.05, 0.1) is 18.0 Å². The van der Waals surface area contributed by atoms with Gasteiger partial charge in [-0.1, -0.05) is 0 Å². The van der Waals surface area contributed by atoms with Crippen molar-refractivity contribution in [2.24, 2.45) is 0 Å². The maximum atomic E-state index is 12.4. The van der Waals surface area contributed by atoms with Crippen LogP contribution in [0.5, 0.6) is 5.75 Å². The molecule has 0 bridgehead atoms. The Morgan fingerprint density at radius 3 is 2.57 bits per heavy atom. The van der Waals surface area contributed by atoms with E-state index in [-0.39, 0.29) is 12.3 Å². The van der Waals surface area contributed by atoms with E-state index in [1.165, 1.54) is 13.8 Å². The van der Waals surface area contributed by atoms with E-state index < -0.39 is 40.8 Å². The predicted octanol–water partition coefficient (Wildman–Crippen LogP) is 2.30. The Labute approximate surface area is 116 Å². The van der Waals surface area contributed by atoms with E-state index in [0.717, 1.165) is 6.07 Å². The minimum Gasteiger partial charge on any atom is -0.466 e. The van der Waals surface area contributed by atoms with Crippen LogP contribution < -0.4 is 4.74 Å². The highest BCUT2D eigenvalue weighted by Crippen LogP contribution is 2.35. The number of hydrogen-bond acceptors (Lipinski definition) is 6. The van der Waals surface area contributed by atoms with Crippen LogP contribution in [0.2, 0.25) is 0 Å². The molecule has 0 aromatic carbocycles. The number of halogens is 3. The number of aromatic nitrogens is 1. The minimum atomic E-state index is -5.15. The number of esters is 1. The Morgan fingerprint density at radius 1 is 1.48 bits per heavy atom. The van der Waals surface area contributed by atoms with E-state index in [1.54, 1.807) is 0 Å². The van der Waals surface area contributed by atoms with Gasteiger partial charge in [0, 0.05) is 11.8 Å². The first kappa shape index (κ1) is 16.7. The zero-order chi connectivity index (χ0) is 16.2. The van der Waals surface area contributed by atoms with Gasteiger partial charge in [0.1, 0.15) is 5.69 Å². The number of nitrogens with zero attached hydrogens (tertiary/aromatic N) is 2. The highest BCUT2D eigenvalue weighted by atomic mass is 19.4. The summed E-state index contributed by atoms with van der Waals surface area (Å²) in [5, 5.41) is 10.8. The first-order valence-corrected chi connectivity index (χ1v) is 5.70. The molecule has 0 saturated heterocycles. The summed E-state index contributed by atoms with van der Waals surface area (Å²) >= 11 is 0. The Morgan fingerprint density at radius 2 is 2.10 bits per heavy atom. The van der Waals surface area contributed by atoms with Crippen molar-refractivity contribution >= 4 is 11.7 Å². The van der Waals surface area contributed by atoms with Gasteiger partial charge in [0.15, 0.2) is 0 Å². The molecule has 0 aliphatic carbocycles. The lowest BCUT2D eigenvalue weighted by molar-refractivity contribution is -0.388. The van der Waals surface area contributed by atoms with Gasteiger partial charge in [-0.2, -0.15) is 0 Å². The second-order valence-electron chi connectivity index (χ2n) is 3.85. The molecule has 10 heteroatoms. The minimum absolute atomic E-state index is 0.0161. The van der Waals surface area contributed by atoms with Crippen LogP contribution in [0.4, 0.5) is 18.9 Å². The van der Waals surface area contributed by atoms with E-state index in [1.807, 2.05) is 0 Å². The molecule has 0 aliphatic rings. The van der Waals surface area contributed by atoms with Crippen LogP contribution in [0.15, 0.2) is 6.07 Å². The van der Waals surface area contributed by atoms with Gasteiger partial charge in [0.2, 0.25) is 5.75 Å². The van der Waals surface area contributed by atoms with Gasteiger partial charge in [-0.15, -0.1) is 13.2 Å². The lowest BCUT2D eigenvalue weighted by Crippen LogP contribution is -2.21. The monoisotopic (exact) mass is 308 g/mol. The third kappa shape index (κ3) is 4.89. The Bertz CT molecular complexity index is 560. The van der Waals surface area contributed by atoms with Crippen molar-refractivity contribution in [3.63, 3.8) is 0 Å². The molecule has 0 aliphatic heterocycles. The fourth-order valence-electron chi connectivity index (χ4n) is 1.54. The lowest BCUT2D eigenvalue weighted by Gasteiger charge is -2.13. The van der Waals surface area contributed by atoms with Crippen LogP contribution >= 0.6 is 0 Å². The first-order chi connectivity index (χ1) is 9.64. The molecule has 0 radical (unpaired) electrons. The van der Waals surface area contributed by atoms with Gasteiger partial charge < -0.3 is 9.47 Å². The molecule has 0 unspecified atom stereocenters. The standard InChI is InChI=1S/C11H11F3N2O5/c1-3-20-9(17)5-7-10(21-11(12,13)14)8(16(18)19)4-6(2)15-7/h4H,3,5H2,1-2H3. The van der Waals surface area contributed by atoms with E-state index in [2.05, 4.69) is 14.5 Å². The Hall–Kier alpha value is -2.39. The van der Waals surface area contributed by atoms with Crippen LogP contribution in [0, 0.1) is 17.0 Å². The van der Waals surface area contributed by atoms with Crippen LogP contribution in [-0.4, -0.2) is 28.8 Å². The molecular formula is C11H11F3N2O5. The summed E-state index contributed by atoms with van der Waals surface area (Å²) in [6.07, 6.45) is -5.81. The molecule has 1 aromatic rings. The van der Waals surface area contributed by atoms with E-state index >= 15 is 0 Å². The fraction of sp³-hybridized carbons (Fsp3) is 0.455. The second kappa shape index (κ2) is 6.37. The molecule has 1 rings (SSSR count). The van der Waals surface area contributed by atoms with Gasteiger partial charge in [0.25, 0.3) is 0 Å². The zero-order valence-electron chi connectivity index (χ0n) is 11.1. The fourth-order valence-corrected chi connectivity index (χ4v) is 1.54. The van der Waals surface area contributed by atoms with Crippen molar-refractivity contribution in [2.75, 3.05) is 6.61 Å². The molecule has 116 valence electrons. The summed E-state index contributed by atoms with van der Waals surface area (Å²) in [6, 6.07) is 0.829. The topological polar surface area (TPSA) is 91.6 Å². The van der Waals surface area contributed by atoms with Crippen molar-refractivity contribution in [3.8, 4) is 5.75 Å². The van der Waals surface area contributed by atoms with Gasteiger partial charge in [-0.3, -0.25) is 19.9 Å². The summed E-state index contributed by atoms with van der Waals surface area (Å²) in [4.78, 5) is 24.8. The van der Waals surface area contributed by atoms with Gasteiger partial charge in [-0.25, -0.2) is 0 Å². The Kier molecular flexibility index (Phi) is 5.06. The number of hydrogen-bond donors (Lipinski definition) is 0. The van der Waals surface area contributed by atoms with E-state index in [9.17, 15) is 28.1 Å². The molecule has 0 amide bonds. The highest BCUT2D eigenvalue weighted by Gasteiger charge is 2.37. The van der Waals surface area contributed by atoms with Crippen molar-refractivity contribution in [3.05, 3.63) is 27.6 Å². The lowest BCUT2D eigenvalue weighted by atomic mass is 10.2. The average Bonchev–Trinajstić information content (AvgIpc) is 2.30. The molecule has 0 N–H and O–H groups in total. The summed E-state index contributed by atoms with van der Waals surface area (Å²) < 4.78 is 45.3. The maximum Gasteiger partial charge on any atom is 0.573 e. The number of pyridine rings is 1. The summed E-state index contributed by atoms with van der Waals surface area (Å²) in [7, 11) is 0. The molecule has 0 saturated carbocycles. The average molecular weight is 308 g/mol. The number of ether oxygens (including phenoxy) is 2. The first-order valence-electron chi connectivity index (χ1n) is 5.70. The second-order valence-corrected chi connectivity index (χ2v) is 3.85. The molecule has 21 heavy (non-hydrogen) atoms. The zero-order valence-corrected chi connectivity index (χ0v) is 11.1. The SMILES string of the molecule is CCOC(=O)Cc1nc(C)cc([N+](=O)[O-])c1OC(F)(F)F. The van der Waals surface area contributed by atoms with Gasteiger partial charge in [-0.05, 0) is 13.8 Å². The number of carbonyl (C=O) groups is 1. The summed E-state index contributed by atoms with van der Waals surface area (Å²) in [6.45, 7) is 2.87. The van der Waals surface area contributed by atoms with Crippen molar-refractivity contribution in [2.45, 2.75) is 26.6 Å². The highest BCUT2D eigenvalue weighted by molar-refractivity contribution is 5.73. The van der Waals surface area contributed by atoms with E-state index in [4.69, 9.17) is 0 Å². The molecule has 0 spiro atoms. The third-order valence-electron chi connectivity index (χ3n) is 2.18. The van der Waals surface area contributed by atoms with Gasteiger partial charge >= 0.3 is 18.0 Å². The molecule has 0 fully saturated rings. The molecule has 0 atom stereocenters. The van der Waals surface area contributed by atoms with Crippen molar-refractivity contribution < 1.29 is 32.4 Å². The molecule has 1 heterocycles. The predicted molar refractivity (Wildman–Crippen MR) is 62.6 cm³/mol. The summed E-state index contributed by atoms with van der Waals surface area (Å²) in [5.74, 6) is -1.97. The Balaban J connectivity index is 3.31. The van der Waals surface area contributed by atoms with Crippen LogP contribution in [0.25, 0.3) is 0 Å². The smallest absolute Gasteiger partial charge is 0.466 e. The van der Waals surface area contributed by atoms with Crippen LogP contribution in [0.3, 0.4) is 0 Å². The van der Waals surface area contributed by atoms with Crippen LogP contribution in [0.1, 0.15) is 18.3 Å². The maximum absolute atomic E-state index is 12.4. The summed E-state index contributed by atoms with van der Waals surface area (Å²) in [5.41, 5.74) is -1.34. The largest absolute Gasteiger partial charge is 0.573 e. The van der Waals surface area contributed by atoms with Crippen molar-refractivity contribution in [1.29, 1.82) is 0 Å². The number of rotatable bonds is 5. The number of carbonyl (C=O) groups excluding carboxylic acids is 1. The molecular weight excluding hydrogens is 297 g/mol.